The molecule has 10 nitrogen and oxygen atoms in total. The Balaban J connectivity index is 1.47. The lowest BCUT2D eigenvalue weighted by molar-refractivity contribution is -0.196. The SMILES string of the molecule is C=CC[C@H](C(=O)N1C(=O)O[C@@H](O[C@H]2C(=O)OCC2(C)C)C[C@@H]1c1ccccc1)N1C(=O)c2ccccc2C1=O. The molecule has 10 heteroatoms. The van der Waals surface area contributed by atoms with E-state index in [2.05, 4.69) is 6.58 Å². The molecule has 3 heterocycles. The Morgan fingerprint density at radius 1 is 1.05 bits per heavy atom. The van der Waals surface area contributed by atoms with Gasteiger partial charge in [-0.3, -0.25) is 19.3 Å². The predicted molar refractivity (Wildman–Crippen MR) is 136 cm³/mol. The fourth-order valence-electron chi connectivity index (χ4n) is 5.16. The van der Waals surface area contributed by atoms with Crippen LogP contribution in [0.15, 0.2) is 67.3 Å². The van der Waals surface area contributed by atoms with E-state index in [1.165, 1.54) is 18.2 Å². The summed E-state index contributed by atoms with van der Waals surface area (Å²) in [5.74, 6) is -2.59. The average molecular weight is 533 g/mol. The van der Waals surface area contributed by atoms with Crippen molar-refractivity contribution in [1.82, 2.24) is 9.80 Å². The molecule has 2 saturated heterocycles. The normalized spacial score (nSPS) is 24.7. The topological polar surface area (TPSA) is 120 Å². The highest BCUT2D eigenvalue weighted by Gasteiger charge is 2.51. The fourth-order valence-corrected chi connectivity index (χ4v) is 5.16. The van der Waals surface area contributed by atoms with Crippen LogP contribution in [0.3, 0.4) is 0 Å². The number of benzene rings is 2. The molecule has 4 atom stereocenters. The quantitative estimate of drug-likeness (QED) is 0.301. The van der Waals surface area contributed by atoms with Gasteiger partial charge >= 0.3 is 12.1 Å². The minimum absolute atomic E-state index is 0.0181. The molecular formula is C29H28N2O8. The smallest absolute Gasteiger partial charge is 0.419 e. The van der Waals surface area contributed by atoms with E-state index in [4.69, 9.17) is 14.2 Å². The molecule has 202 valence electrons. The van der Waals surface area contributed by atoms with E-state index in [0.717, 1.165) is 9.80 Å². The van der Waals surface area contributed by atoms with Crippen molar-refractivity contribution in [2.75, 3.05) is 6.61 Å². The van der Waals surface area contributed by atoms with Gasteiger partial charge in [0.1, 0.15) is 6.04 Å². The van der Waals surface area contributed by atoms with E-state index in [9.17, 15) is 24.0 Å². The van der Waals surface area contributed by atoms with Gasteiger partial charge < -0.3 is 14.2 Å². The summed E-state index contributed by atoms with van der Waals surface area (Å²) in [7, 11) is 0. The number of carbonyl (C=O) groups excluding carboxylic acids is 5. The second-order valence-corrected chi connectivity index (χ2v) is 10.4. The van der Waals surface area contributed by atoms with Crippen molar-refractivity contribution in [2.24, 2.45) is 5.41 Å². The molecule has 3 aliphatic rings. The molecular weight excluding hydrogens is 504 g/mol. The Labute approximate surface area is 225 Å². The first kappa shape index (κ1) is 26.3. The summed E-state index contributed by atoms with van der Waals surface area (Å²) < 4.78 is 16.6. The third-order valence-electron chi connectivity index (χ3n) is 7.19. The summed E-state index contributed by atoms with van der Waals surface area (Å²) in [5.41, 5.74) is 0.345. The maximum absolute atomic E-state index is 14.0. The van der Waals surface area contributed by atoms with Crippen LogP contribution in [0.1, 0.15) is 59.0 Å². The second-order valence-electron chi connectivity index (χ2n) is 10.4. The van der Waals surface area contributed by atoms with E-state index in [-0.39, 0.29) is 30.6 Å². The number of nitrogens with zero attached hydrogens (tertiary/aromatic N) is 2. The van der Waals surface area contributed by atoms with Gasteiger partial charge in [0.05, 0.1) is 23.8 Å². The first-order chi connectivity index (χ1) is 18.6. The van der Waals surface area contributed by atoms with Crippen LogP contribution >= 0.6 is 0 Å². The van der Waals surface area contributed by atoms with Gasteiger partial charge in [0.25, 0.3) is 17.7 Å². The first-order valence-corrected chi connectivity index (χ1v) is 12.6. The van der Waals surface area contributed by atoms with Gasteiger partial charge in [-0.1, -0.05) is 62.4 Å². The third-order valence-corrected chi connectivity index (χ3v) is 7.19. The summed E-state index contributed by atoms with van der Waals surface area (Å²) in [4.78, 5) is 68.0. The van der Waals surface area contributed by atoms with Crippen molar-refractivity contribution in [2.45, 2.75) is 51.2 Å². The van der Waals surface area contributed by atoms with Crippen molar-refractivity contribution >= 4 is 29.8 Å². The summed E-state index contributed by atoms with van der Waals surface area (Å²) in [6, 6.07) is 12.9. The van der Waals surface area contributed by atoms with Crippen molar-refractivity contribution in [3.05, 3.63) is 83.9 Å². The van der Waals surface area contributed by atoms with Crippen molar-refractivity contribution in [1.29, 1.82) is 0 Å². The molecule has 2 aromatic carbocycles. The van der Waals surface area contributed by atoms with Crippen molar-refractivity contribution < 1.29 is 38.2 Å². The van der Waals surface area contributed by atoms with Crippen LogP contribution in [0.2, 0.25) is 0 Å². The zero-order valence-electron chi connectivity index (χ0n) is 21.6. The van der Waals surface area contributed by atoms with Gasteiger partial charge in [0.2, 0.25) is 6.29 Å². The lowest BCUT2D eigenvalue weighted by Crippen LogP contribution is -2.56. The molecule has 0 aliphatic carbocycles. The first-order valence-electron chi connectivity index (χ1n) is 12.6. The van der Waals surface area contributed by atoms with Gasteiger partial charge in [-0.25, -0.2) is 14.5 Å². The van der Waals surface area contributed by atoms with Crippen molar-refractivity contribution in [3.63, 3.8) is 0 Å². The summed E-state index contributed by atoms with van der Waals surface area (Å²) in [5, 5.41) is 0. The average Bonchev–Trinajstić information content (AvgIpc) is 3.33. The Morgan fingerprint density at radius 3 is 2.23 bits per heavy atom. The molecule has 2 fully saturated rings. The second kappa shape index (κ2) is 10.1. The predicted octanol–water partition coefficient (Wildman–Crippen LogP) is 3.63. The largest absolute Gasteiger partial charge is 0.463 e. The Bertz CT molecular complexity index is 1320. The number of carbonyl (C=O) groups is 5. The summed E-state index contributed by atoms with van der Waals surface area (Å²) >= 11 is 0. The van der Waals surface area contributed by atoms with E-state index in [0.29, 0.717) is 5.56 Å². The summed E-state index contributed by atoms with van der Waals surface area (Å²) in [6.45, 7) is 7.46. The number of esters is 1. The van der Waals surface area contributed by atoms with Gasteiger partial charge in [-0.15, -0.1) is 6.58 Å². The Hall–Kier alpha value is -4.31. The summed E-state index contributed by atoms with van der Waals surface area (Å²) in [6.07, 6.45) is -1.75. The Morgan fingerprint density at radius 2 is 1.67 bits per heavy atom. The standard InChI is InChI=1S/C29H28N2O8/c1-4-10-20(30-24(32)18-13-8-9-14-19(18)25(30)33)26(34)31-21(17-11-6-5-7-12-17)15-22(39-28(31)36)38-23-27(35)37-16-29(23,2)3/h4-9,11-14,20-23H,1,10,15-16H2,2-3H3/t20-,21-,22-,23+/m1/s1. The van der Waals surface area contributed by atoms with Gasteiger partial charge in [0.15, 0.2) is 6.10 Å². The number of hydrogen-bond donors (Lipinski definition) is 0. The molecule has 0 spiro atoms. The molecule has 0 N–H and O–H groups in total. The van der Waals surface area contributed by atoms with E-state index < -0.39 is 59.7 Å². The number of imide groups is 2. The lowest BCUT2D eigenvalue weighted by Gasteiger charge is -2.40. The number of cyclic esters (lactones) is 2. The van der Waals surface area contributed by atoms with E-state index in [1.54, 1.807) is 56.3 Å². The third kappa shape index (κ3) is 4.61. The minimum Gasteiger partial charge on any atom is -0.463 e. The van der Waals surface area contributed by atoms with Gasteiger partial charge in [-0.05, 0) is 24.1 Å². The van der Waals surface area contributed by atoms with E-state index in [1.807, 2.05) is 0 Å². The van der Waals surface area contributed by atoms with Crippen LogP contribution in [0.4, 0.5) is 4.79 Å². The molecule has 39 heavy (non-hydrogen) atoms. The lowest BCUT2D eigenvalue weighted by atomic mass is 9.89. The van der Waals surface area contributed by atoms with Crippen LogP contribution in [-0.4, -0.2) is 64.6 Å². The fraction of sp³-hybridized carbons (Fsp3) is 0.345. The molecule has 5 rings (SSSR count). The molecule has 0 saturated carbocycles. The van der Waals surface area contributed by atoms with Crippen molar-refractivity contribution in [3.8, 4) is 0 Å². The zero-order chi connectivity index (χ0) is 27.9. The maximum Gasteiger partial charge on any atom is 0.419 e. The highest BCUT2D eigenvalue weighted by atomic mass is 16.7. The van der Waals surface area contributed by atoms with Crippen LogP contribution in [0, 0.1) is 5.41 Å². The molecule has 0 aromatic heterocycles. The number of ether oxygens (including phenoxy) is 3. The molecule has 0 bridgehead atoms. The highest BCUT2D eigenvalue weighted by Crippen LogP contribution is 2.38. The zero-order valence-corrected chi connectivity index (χ0v) is 21.6. The van der Waals surface area contributed by atoms with Crippen LogP contribution < -0.4 is 0 Å². The van der Waals surface area contributed by atoms with Gasteiger partial charge in [-0.2, -0.15) is 0 Å². The molecule has 2 aromatic rings. The maximum atomic E-state index is 14.0. The molecule has 0 radical (unpaired) electrons. The number of fused-ring (bicyclic) bond motifs is 1. The van der Waals surface area contributed by atoms with Crippen LogP contribution in [0.5, 0.6) is 0 Å². The number of hydrogen-bond acceptors (Lipinski definition) is 8. The number of amides is 4. The molecule has 3 aliphatic heterocycles. The highest BCUT2D eigenvalue weighted by molar-refractivity contribution is 6.23. The van der Waals surface area contributed by atoms with Crippen LogP contribution in [-0.2, 0) is 23.8 Å². The molecule has 4 amide bonds. The number of rotatable bonds is 7. The minimum atomic E-state index is -1.32. The van der Waals surface area contributed by atoms with Crippen LogP contribution in [0.25, 0.3) is 0 Å². The van der Waals surface area contributed by atoms with E-state index >= 15 is 0 Å². The van der Waals surface area contributed by atoms with Gasteiger partial charge in [0, 0.05) is 11.8 Å². The molecule has 0 unspecified atom stereocenters. The Kier molecular flexibility index (Phi) is 6.82. The monoisotopic (exact) mass is 532 g/mol.